The molecule has 0 rings (SSSR count). The van der Waals surface area contributed by atoms with Crippen molar-refractivity contribution >= 4 is 11.9 Å². The van der Waals surface area contributed by atoms with E-state index < -0.39 is 18.1 Å². The zero-order valence-corrected chi connectivity index (χ0v) is 13.0. The van der Waals surface area contributed by atoms with Crippen LogP contribution in [0.25, 0.3) is 0 Å². The van der Waals surface area contributed by atoms with E-state index in [1.807, 2.05) is 0 Å². The first-order valence-electron chi connectivity index (χ1n) is 7.54. The lowest BCUT2D eigenvalue weighted by Gasteiger charge is -2.17. The molecule has 5 heteroatoms. The van der Waals surface area contributed by atoms with Gasteiger partial charge in [-0.15, -0.1) is 0 Å². The van der Waals surface area contributed by atoms with E-state index in [4.69, 9.17) is 0 Å². The van der Waals surface area contributed by atoms with E-state index in [1.165, 1.54) is 33.3 Å². The van der Waals surface area contributed by atoms with Crippen LogP contribution in [-0.2, 0) is 14.3 Å². The molecule has 2 N–H and O–H groups in total. The fraction of sp³-hybridized carbons (Fsp3) is 0.867. The number of amides is 1. The Balaban J connectivity index is 3.89. The number of nitrogens with one attached hydrogen (secondary N) is 1. The van der Waals surface area contributed by atoms with Gasteiger partial charge in [0.2, 0.25) is 5.91 Å². The third kappa shape index (κ3) is 9.78. The number of esters is 1. The Kier molecular flexibility index (Phi) is 11.1. The summed E-state index contributed by atoms with van der Waals surface area (Å²) in [6, 6.07) is -0.660. The maximum Gasteiger partial charge on any atom is 0.328 e. The topological polar surface area (TPSA) is 75.6 Å². The van der Waals surface area contributed by atoms with Crippen molar-refractivity contribution in [3.8, 4) is 0 Å². The zero-order valence-electron chi connectivity index (χ0n) is 13.0. The molecule has 0 aromatic heterocycles. The van der Waals surface area contributed by atoms with Crippen LogP contribution in [-0.4, -0.2) is 36.2 Å². The van der Waals surface area contributed by atoms with Gasteiger partial charge in [0.25, 0.3) is 0 Å². The third-order valence-corrected chi connectivity index (χ3v) is 3.29. The lowest BCUT2D eigenvalue weighted by Crippen LogP contribution is -2.40. The molecule has 0 fully saturated rings. The highest BCUT2D eigenvalue weighted by Crippen LogP contribution is 2.12. The summed E-state index contributed by atoms with van der Waals surface area (Å²) < 4.78 is 4.64. The van der Waals surface area contributed by atoms with Crippen molar-refractivity contribution in [2.24, 2.45) is 0 Å². The predicted molar refractivity (Wildman–Crippen MR) is 78.2 cm³/mol. The third-order valence-electron chi connectivity index (χ3n) is 3.29. The number of ether oxygens (including phenoxy) is 1. The smallest absolute Gasteiger partial charge is 0.328 e. The van der Waals surface area contributed by atoms with Gasteiger partial charge in [-0.2, -0.15) is 0 Å². The number of hydrogen-bond donors (Lipinski definition) is 2. The van der Waals surface area contributed by atoms with E-state index in [2.05, 4.69) is 17.0 Å². The monoisotopic (exact) mass is 287 g/mol. The first kappa shape index (κ1) is 18.9. The highest BCUT2D eigenvalue weighted by molar-refractivity contribution is 5.83. The number of carbonyl (C=O) groups is 2. The Labute approximate surface area is 122 Å². The summed E-state index contributed by atoms with van der Waals surface area (Å²) in [4.78, 5) is 22.5. The van der Waals surface area contributed by atoms with Crippen LogP contribution in [0.5, 0.6) is 0 Å². The van der Waals surface area contributed by atoms with Gasteiger partial charge in [-0.1, -0.05) is 39.0 Å². The van der Waals surface area contributed by atoms with Crippen LogP contribution in [0.15, 0.2) is 0 Å². The second kappa shape index (κ2) is 11.7. The first-order chi connectivity index (χ1) is 9.51. The molecule has 5 nitrogen and oxygen atoms in total. The lowest BCUT2D eigenvalue weighted by molar-refractivity contribution is -0.145. The SMILES string of the molecule is CCCCCCCC(O)CCC(NC(C)=O)C(=O)OC. The highest BCUT2D eigenvalue weighted by Gasteiger charge is 2.21. The molecule has 0 heterocycles. The molecule has 0 saturated carbocycles. The molecule has 2 atom stereocenters. The number of rotatable bonds is 11. The van der Waals surface area contributed by atoms with E-state index in [0.717, 1.165) is 19.3 Å². The van der Waals surface area contributed by atoms with Crippen LogP contribution >= 0.6 is 0 Å². The molecular formula is C15H29NO4. The molecule has 0 aliphatic heterocycles. The molecule has 0 bridgehead atoms. The molecular weight excluding hydrogens is 258 g/mol. The minimum absolute atomic E-state index is 0.269. The second-order valence-electron chi connectivity index (χ2n) is 5.21. The first-order valence-corrected chi connectivity index (χ1v) is 7.54. The fourth-order valence-corrected chi connectivity index (χ4v) is 2.12. The van der Waals surface area contributed by atoms with Crippen LogP contribution in [0, 0.1) is 0 Å². The number of unbranched alkanes of at least 4 members (excludes halogenated alkanes) is 4. The standard InChI is InChI=1S/C15H29NO4/c1-4-5-6-7-8-9-13(18)10-11-14(15(19)20-3)16-12(2)17/h13-14,18H,4-11H2,1-3H3,(H,16,17). The number of carbonyl (C=O) groups excluding carboxylic acids is 2. The fourth-order valence-electron chi connectivity index (χ4n) is 2.12. The van der Waals surface area contributed by atoms with Crippen LogP contribution < -0.4 is 5.32 Å². The normalized spacial score (nSPS) is 13.6. The Morgan fingerprint density at radius 1 is 1.10 bits per heavy atom. The van der Waals surface area contributed by atoms with Gasteiger partial charge < -0.3 is 15.2 Å². The molecule has 20 heavy (non-hydrogen) atoms. The van der Waals surface area contributed by atoms with Gasteiger partial charge in [0, 0.05) is 6.92 Å². The van der Waals surface area contributed by atoms with E-state index >= 15 is 0 Å². The summed E-state index contributed by atoms with van der Waals surface area (Å²) in [5, 5.41) is 12.4. The highest BCUT2D eigenvalue weighted by atomic mass is 16.5. The summed E-state index contributed by atoms with van der Waals surface area (Å²) in [5.41, 5.74) is 0. The van der Waals surface area contributed by atoms with Gasteiger partial charge in [0.05, 0.1) is 13.2 Å². The molecule has 118 valence electrons. The van der Waals surface area contributed by atoms with E-state index in [0.29, 0.717) is 12.8 Å². The van der Waals surface area contributed by atoms with Gasteiger partial charge in [-0.25, -0.2) is 4.79 Å². The summed E-state index contributed by atoms with van der Waals surface area (Å²) in [6.45, 7) is 3.53. The van der Waals surface area contributed by atoms with Gasteiger partial charge in [-0.3, -0.25) is 4.79 Å². The number of methoxy groups -OCH3 is 1. The molecule has 0 spiro atoms. The van der Waals surface area contributed by atoms with Crippen LogP contribution in [0.2, 0.25) is 0 Å². The molecule has 0 aliphatic rings. The Morgan fingerprint density at radius 3 is 2.30 bits per heavy atom. The minimum atomic E-state index is -0.660. The quantitative estimate of drug-likeness (QED) is 0.451. The van der Waals surface area contributed by atoms with Gasteiger partial charge in [0.1, 0.15) is 6.04 Å². The van der Waals surface area contributed by atoms with Crippen molar-refractivity contribution in [1.82, 2.24) is 5.32 Å². The Morgan fingerprint density at radius 2 is 1.75 bits per heavy atom. The maximum absolute atomic E-state index is 11.5. The average Bonchev–Trinajstić information content (AvgIpc) is 2.41. The summed E-state index contributed by atoms with van der Waals surface area (Å²) in [7, 11) is 1.29. The van der Waals surface area contributed by atoms with Gasteiger partial charge in [0.15, 0.2) is 0 Å². The largest absolute Gasteiger partial charge is 0.467 e. The van der Waals surface area contributed by atoms with E-state index in [-0.39, 0.29) is 5.91 Å². The molecule has 0 aromatic rings. The molecule has 1 amide bonds. The molecule has 0 aliphatic carbocycles. The summed E-state index contributed by atoms with van der Waals surface area (Å²) in [5.74, 6) is -0.732. The van der Waals surface area contributed by atoms with Gasteiger partial charge >= 0.3 is 5.97 Å². The average molecular weight is 287 g/mol. The molecule has 0 saturated heterocycles. The number of hydrogen-bond acceptors (Lipinski definition) is 4. The minimum Gasteiger partial charge on any atom is -0.467 e. The van der Waals surface area contributed by atoms with Gasteiger partial charge in [-0.05, 0) is 19.3 Å². The number of aliphatic hydroxyl groups excluding tert-OH is 1. The van der Waals surface area contributed by atoms with Crippen molar-refractivity contribution in [2.45, 2.75) is 77.4 Å². The predicted octanol–water partition coefficient (Wildman–Crippen LogP) is 2.17. The summed E-state index contributed by atoms with van der Waals surface area (Å²) in [6.07, 6.45) is 7.02. The van der Waals surface area contributed by atoms with Crippen molar-refractivity contribution in [3.63, 3.8) is 0 Å². The van der Waals surface area contributed by atoms with Crippen molar-refractivity contribution in [2.75, 3.05) is 7.11 Å². The lowest BCUT2D eigenvalue weighted by atomic mass is 10.0. The van der Waals surface area contributed by atoms with Crippen LogP contribution in [0.1, 0.15) is 65.2 Å². The zero-order chi connectivity index (χ0) is 15.4. The Hall–Kier alpha value is -1.10. The second-order valence-corrected chi connectivity index (χ2v) is 5.21. The molecule has 2 unspecified atom stereocenters. The van der Waals surface area contributed by atoms with Crippen molar-refractivity contribution in [3.05, 3.63) is 0 Å². The summed E-state index contributed by atoms with van der Waals surface area (Å²) >= 11 is 0. The van der Waals surface area contributed by atoms with Crippen LogP contribution in [0.3, 0.4) is 0 Å². The number of aliphatic hydroxyl groups is 1. The van der Waals surface area contributed by atoms with Crippen molar-refractivity contribution in [1.29, 1.82) is 0 Å². The molecule has 0 radical (unpaired) electrons. The van der Waals surface area contributed by atoms with E-state index in [1.54, 1.807) is 0 Å². The van der Waals surface area contributed by atoms with Crippen molar-refractivity contribution < 1.29 is 19.4 Å². The Bertz CT molecular complexity index is 281. The maximum atomic E-state index is 11.5. The van der Waals surface area contributed by atoms with E-state index in [9.17, 15) is 14.7 Å². The van der Waals surface area contributed by atoms with Crippen LogP contribution in [0.4, 0.5) is 0 Å². The molecule has 0 aromatic carbocycles.